The summed E-state index contributed by atoms with van der Waals surface area (Å²) in [6, 6.07) is 12.1. The monoisotopic (exact) mass is 424 g/mol. The van der Waals surface area contributed by atoms with Crippen molar-refractivity contribution < 1.29 is 10.2 Å². The topological polar surface area (TPSA) is 40.5 Å². The first-order chi connectivity index (χ1) is 15.1. The van der Waals surface area contributed by atoms with Gasteiger partial charge in [-0.3, -0.25) is 0 Å². The van der Waals surface area contributed by atoms with Gasteiger partial charge < -0.3 is 10.2 Å². The van der Waals surface area contributed by atoms with E-state index >= 15 is 0 Å². The Kier molecular flexibility index (Phi) is 12.2. The fourth-order valence-electron chi connectivity index (χ4n) is 4.25. The second-order valence-electron chi connectivity index (χ2n) is 9.14. The van der Waals surface area contributed by atoms with Gasteiger partial charge in [0.2, 0.25) is 0 Å². The van der Waals surface area contributed by atoms with E-state index in [-0.39, 0.29) is 0 Å². The van der Waals surface area contributed by atoms with Crippen LogP contribution in [0.4, 0.5) is 0 Å². The third kappa shape index (κ3) is 9.80. The van der Waals surface area contributed by atoms with Gasteiger partial charge in [-0.25, -0.2) is 0 Å². The summed E-state index contributed by atoms with van der Waals surface area (Å²) in [4.78, 5) is 0. The van der Waals surface area contributed by atoms with E-state index in [2.05, 4.69) is 26.0 Å². The summed E-state index contributed by atoms with van der Waals surface area (Å²) in [6.45, 7) is 4.49. The zero-order valence-electron chi connectivity index (χ0n) is 20.0. The predicted molar refractivity (Wildman–Crippen MR) is 133 cm³/mol. The number of aromatic hydroxyl groups is 2. The maximum atomic E-state index is 10.5. The minimum Gasteiger partial charge on any atom is -0.508 e. The number of unbranched alkanes of at least 4 members (excludes halogenated alkanes) is 10. The maximum absolute atomic E-state index is 10.5. The van der Waals surface area contributed by atoms with Crippen LogP contribution in [-0.2, 0) is 19.3 Å². The van der Waals surface area contributed by atoms with Crippen molar-refractivity contribution in [2.24, 2.45) is 0 Å². The van der Waals surface area contributed by atoms with Gasteiger partial charge in [-0.15, -0.1) is 0 Å². The smallest absolute Gasteiger partial charge is 0.119 e. The van der Waals surface area contributed by atoms with Crippen molar-refractivity contribution in [2.45, 2.75) is 110 Å². The Morgan fingerprint density at radius 1 is 0.516 bits per heavy atom. The van der Waals surface area contributed by atoms with Crippen molar-refractivity contribution in [3.8, 4) is 11.5 Å². The number of phenols is 2. The summed E-state index contributed by atoms with van der Waals surface area (Å²) in [5, 5.41) is 21.0. The molecule has 2 nitrogen and oxygen atoms in total. The third-order valence-corrected chi connectivity index (χ3v) is 6.32. The molecule has 0 radical (unpaired) electrons. The van der Waals surface area contributed by atoms with Gasteiger partial charge in [0.1, 0.15) is 11.5 Å². The van der Waals surface area contributed by atoms with Gasteiger partial charge >= 0.3 is 0 Å². The Labute approximate surface area is 190 Å². The molecule has 0 spiro atoms. The molecule has 0 aromatic heterocycles. The molecule has 0 atom stereocenters. The molecule has 31 heavy (non-hydrogen) atoms. The first kappa shape index (κ1) is 25.3. The summed E-state index contributed by atoms with van der Waals surface area (Å²) >= 11 is 0. The minimum atomic E-state index is 0.346. The van der Waals surface area contributed by atoms with Gasteiger partial charge in [0, 0.05) is 6.42 Å². The molecule has 0 saturated heterocycles. The predicted octanol–water partition coefficient (Wildman–Crippen LogP) is 8.49. The van der Waals surface area contributed by atoms with E-state index in [1.54, 1.807) is 0 Å². The van der Waals surface area contributed by atoms with Gasteiger partial charge in [-0.2, -0.15) is 0 Å². The van der Waals surface area contributed by atoms with Crippen LogP contribution in [0.5, 0.6) is 11.5 Å². The van der Waals surface area contributed by atoms with Crippen LogP contribution in [-0.4, -0.2) is 10.2 Å². The Morgan fingerprint density at radius 3 is 1.29 bits per heavy atom. The Balaban J connectivity index is 1.81. The zero-order valence-corrected chi connectivity index (χ0v) is 20.0. The number of benzene rings is 2. The molecule has 0 aliphatic heterocycles. The molecule has 2 heteroatoms. The van der Waals surface area contributed by atoms with Crippen molar-refractivity contribution in [3.63, 3.8) is 0 Å². The molecular formula is C29H44O2. The molecule has 0 unspecified atom stereocenters. The fourth-order valence-corrected chi connectivity index (χ4v) is 4.25. The van der Waals surface area contributed by atoms with E-state index in [1.165, 1.54) is 88.2 Å². The first-order valence-corrected chi connectivity index (χ1v) is 12.8. The highest BCUT2D eigenvalue weighted by atomic mass is 16.3. The summed E-state index contributed by atoms with van der Waals surface area (Å²) in [6.07, 6.45) is 18.0. The van der Waals surface area contributed by atoms with Crippen LogP contribution in [0.1, 0.15) is 113 Å². The Morgan fingerprint density at radius 2 is 0.903 bits per heavy atom. The minimum absolute atomic E-state index is 0.346. The lowest BCUT2D eigenvalue weighted by Gasteiger charge is -2.11. The van der Waals surface area contributed by atoms with Crippen LogP contribution >= 0.6 is 0 Å². The van der Waals surface area contributed by atoms with E-state index in [9.17, 15) is 10.2 Å². The SMILES string of the molecule is CCCCCCCCc1ccc(Cc2ccc(CCCCCCCC)cc2O)c(O)c1. The number of rotatable bonds is 16. The zero-order chi connectivity index (χ0) is 22.3. The van der Waals surface area contributed by atoms with Gasteiger partial charge in [-0.1, -0.05) is 102 Å². The summed E-state index contributed by atoms with van der Waals surface area (Å²) in [5.41, 5.74) is 4.17. The largest absolute Gasteiger partial charge is 0.508 e. The molecule has 172 valence electrons. The average Bonchev–Trinajstić information content (AvgIpc) is 2.76. The van der Waals surface area contributed by atoms with Gasteiger partial charge in [0.25, 0.3) is 0 Å². The van der Waals surface area contributed by atoms with Gasteiger partial charge in [0.15, 0.2) is 0 Å². The molecule has 0 aliphatic carbocycles. The lowest BCUT2D eigenvalue weighted by molar-refractivity contribution is 0.462. The van der Waals surface area contributed by atoms with Crippen LogP contribution in [0.25, 0.3) is 0 Å². The Bertz CT molecular complexity index is 687. The Hall–Kier alpha value is -1.96. The molecule has 2 N–H and O–H groups in total. The molecule has 0 saturated carbocycles. The molecule has 0 fully saturated rings. The van der Waals surface area contributed by atoms with Crippen molar-refractivity contribution in [2.75, 3.05) is 0 Å². The normalized spacial score (nSPS) is 11.2. The number of hydrogen-bond donors (Lipinski definition) is 2. The van der Waals surface area contributed by atoms with E-state index in [0.29, 0.717) is 17.9 Å². The maximum Gasteiger partial charge on any atom is 0.119 e. The first-order valence-electron chi connectivity index (χ1n) is 12.8. The second kappa shape index (κ2) is 14.9. The molecule has 0 aliphatic rings. The van der Waals surface area contributed by atoms with Crippen molar-refractivity contribution in [1.29, 1.82) is 0 Å². The second-order valence-corrected chi connectivity index (χ2v) is 9.14. The van der Waals surface area contributed by atoms with E-state index < -0.39 is 0 Å². The molecular weight excluding hydrogens is 380 g/mol. The number of phenolic OH excluding ortho intramolecular Hbond substituents is 2. The number of aryl methyl sites for hydroxylation is 2. The molecule has 0 bridgehead atoms. The van der Waals surface area contributed by atoms with Crippen molar-refractivity contribution >= 4 is 0 Å². The van der Waals surface area contributed by atoms with E-state index in [4.69, 9.17) is 0 Å². The van der Waals surface area contributed by atoms with Gasteiger partial charge in [-0.05, 0) is 60.1 Å². The van der Waals surface area contributed by atoms with E-state index in [0.717, 1.165) is 24.0 Å². The number of hydrogen-bond acceptors (Lipinski definition) is 2. The molecule has 0 heterocycles. The van der Waals surface area contributed by atoms with Crippen LogP contribution in [0, 0.1) is 0 Å². The standard InChI is InChI=1S/C29H44O2/c1-3-5-7-9-11-13-15-24-17-19-26(28(30)21-24)23-27-20-18-25(22-29(27)31)16-14-12-10-8-6-4-2/h17-22,30-31H,3-16,23H2,1-2H3. The van der Waals surface area contributed by atoms with Crippen LogP contribution < -0.4 is 0 Å². The van der Waals surface area contributed by atoms with Gasteiger partial charge in [0.05, 0.1) is 0 Å². The summed E-state index contributed by atoms with van der Waals surface area (Å²) < 4.78 is 0. The lowest BCUT2D eigenvalue weighted by atomic mass is 9.97. The molecule has 0 amide bonds. The fraction of sp³-hybridized carbons (Fsp3) is 0.586. The van der Waals surface area contributed by atoms with Crippen LogP contribution in [0.3, 0.4) is 0 Å². The molecule has 2 aromatic carbocycles. The third-order valence-electron chi connectivity index (χ3n) is 6.32. The highest BCUT2D eigenvalue weighted by molar-refractivity contribution is 5.44. The molecule has 2 rings (SSSR count). The van der Waals surface area contributed by atoms with Crippen LogP contribution in [0.15, 0.2) is 36.4 Å². The highest BCUT2D eigenvalue weighted by Crippen LogP contribution is 2.28. The van der Waals surface area contributed by atoms with Crippen molar-refractivity contribution in [1.82, 2.24) is 0 Å². The quantitative estimate of drug-likeness (QED) is 0.265. The molecule has 2 aromatic rings. The van der Waals surface area contributed by atoms with Crippen LogP contribution in [0.2, 0.25) is 0 Å². The van der Waals surface area contributed by atoms with E-state index in [1.807, 2.05) is 24.3 Å². The summed E-state index contributed by atoms with van der Waals surface area (Å²) in [7, 11) is 0. The lowest BCUT2D eigenvalue weighted by Crippen LogP contribution is -1.94. The highest BCUT2D eigenvalue weighted by Gasteiger charge is 2.09. The van der Waals surface area contributed by atoms with Crippen molar-refractivity contribution in [3.05, 3.63) is 58.7 Å². The summed E-state index contributed by atoms with van der Waals surface area (Å²) in [5.74, 6) is 0.693. The average molecular weight is 425 g/mol.